The maximum absolute atomic E-state index is 14.4. The number of ether oxygens (including phenoxy) is 1. The molecule has 2 rings (SSSR count). The number of hydrogen-bond donors (Lipinski definition) is 0. The Morgan fingerprint density at radius 1 is 1.46 bits per heavy atom. The number of nitro benzene ring substituents is 1. The van der Waals surface area contributed by atoms with Crippen molar-refractivity contribution in [3.05, 3.63) is 37.2 Å². The first-order chi connectivity index (χ1) is 11.9. The molecule has 0 aliphatic heterocycles. The third-order valence-corrected chi connectivity index (χ3v) is 4.12. The molecule has 140 valence electrons. The lowest BCUT2D eigenvalue weighted by atomic mass is 10.1. The van der Waals surface area contributed by atoms with Crippen LogP contribution in [0.25, 0.3) is 11.3 Å². The molecule has 26 heavy (non-hydrogen) atoms. The zero-order valence-electron chi connectivity index (χ0n) is 12.8. The smallest absolute Gasteiger partial charge is 0.418 e. The van der Waals surface area contributed by atoms with Gasteiger partial charge in [0, 0.05) is 14.0 Å². The number of carbonyl (C=O) groups is 1. The Bertz CT molecular complexity index is 929. The van der Waals surface area contributed by atoms with E-state index in [1.54, 1.807) is 0 Å². The average molecular weight is 461 g/mol. The van der Waals surface area contributed by atoms with Crippen LogP contribution in [-0.4, -0.2) is 20.7 Å². The van der Waals surface area contributed by atoms with Gasteiger partial charge in [0.05, 0.1) is 14.4 Å². The second kappa shape index (κ2) is 6.83. The Kier molecular flexibility index (Phi) is 5.29. The molecule has 0 saturated carbocycles. The summed E-state index contributed by atoms with van der Waals surface area (Å²) in [6, 6.07) is 0.580. The molecular formula is C13H7BrClF4N3O4. The standard InChI is InChI=1S/C13H7BrClF4N3O4/c1-4(23)26-11-5(15)3-6(16)7(10(11)22(24)25)9-8(14)12(13(17,18)19)21(2)20-9/h3H,1-2H3. The first-order valence-electron chi connectivity index (χ1n) is 6.51. The molecule has 0 aliphatic carbocycles. The number of alkyl halides is 3. The highest BCUT2D eigenvalue weighted by molar-refractivity contribution is 9.10. The number of aromatic nitrogens is 2. The van der Waals surface area contributed by atoms with Gasteiger partial charge in [-0.1, -0.05) is 11.6 Å². The van der Waals surface area contributed by atoms with Crippen LogP contribution in [-0.2, 0) is 18.0 Å². The van der Waals surface area contributed by atoms with Crippen molar-refractivity contribution in [1.29, 1.82) is 0 Å². The predicted molar refractivity (Wildman–Crippen MR) is 84.3 cm³/mol. The Hall–Kier alpha value is -2.21. The van der Waals surface area contributed by atoms with E-state index >= 15 is 0 Å². The highest BCUT2D eigenvalue weighted by Crippen LogP contribution is 2.48. The summed E-state index contributed by atoms with van der Waals surface area (Å²) < 4.78 is 58.0. The lowest BCUT2D eigenvalue weighted by molar-refractivity contribution is -0.385. The molecule has 1 aromatic carbocycles. The molecule has 0 bridgehead atoms. The number of hydrogen-bond acceptors (Lipinski definition) is 5. The topological polar surface area (TPSA) is 87.3 Å². The number of esters is 1. The number of aryl methyl sites for hydroxylation is 1. The minimum Gasteiger partial charge on any atom is -0.418 e. The van der Waals surface area contributed by atoms with Crippen LogP contribution in [0.2, 0.25) is 5.02 Å². The maximum Gasteiger partial charge on any atom is 0.434 e. The fourth-order valence-electron chi connectivity index (χ4n) is 2.19. The van der Waals surface area contributed by atoms with Crippen molar-refractivity contribution in [2.45, 2.75) is 13.1 Å². The summed E-state index contributed by atoms with van der Waals surface area (Å²) in [6.07, 6.45) is -4.87. The monoisotopic (exact) mass is 459 g/mol. The van der Waals surface area contributed by atoms with E-state index in [-0.39, 0.29) is 0 Å². The molecule has 0 fully saturated rings. The minimum absolute atomic E-state index is 0.392. The van der Waals surface area contributed by atoms with Crippen LogP contribution in [0.15, 0.2) is 10.5 Å². The predicted octanol–water partition coefficient (Wildman–Crippen LogP) is 4.49. The Morgan fingerprint density at radius 2 is 2.04 bits per heavy atom. The van der Waals surface area contributed by atoms with Crippen LogP contribution in [0.4, 0.5) is 23.2 Å². The molecule has 0 aliphatic rings. The molecular weight excluding hydrogens is 454 g/mol. The SMILES string of the molecule is CC(=O)Oc1c(Cl)cc(F)c(-c2nn(C)c(C(F)(F)F)c2Br)c1[N+](=O)[O-]. The van der Waals surface area contributed by atoms with E-state index in [2.05, 4.69) is 25.8 Å². The van der Waals surface area contributed by atoms with Crippen molar-refractivity contribution in [2.24, 2.45) is 7.05 Å². The Labute approximate surface area is 155 Å². The summed E-state index contributed by atoms with van der Waals surface area (Å²) in [5, 5.41) is 14.3. The van der Waals surface area contributed by atoms with E-state index in [9.17, 15) is 32.5 Å². The normalized spacial score (nSPS) is 11.5. The molecule has 1 heterocycles. The molecule has 0 atom stereocenters. The summed E-state index contributed by atoms with van der Waals surface area (Å²) in [5.74, 6) is -3.11. The lowest BCUT2D eigenvalue weighted by Gasteiger charge is -2.10. The van der Waals surface area contributed by atoms with Crippen molar-refractivity contribution in [2.75, 3.05) is 0 Å². The number of benzene rings is 1. The van der Waals surface area contributed by atoms with Gasteiger partial charge >= 0.3 is 17.8 Å². The second-order valence-electron chi connectivity index (χ2n) is 4.88. The molecule has 0 unspecified atom stereocenters. The van der Waals surface area contributed by atoms with Gasteiger partial charge in [0.25, 0.3) is 0 Å². The van der Waals surface area contributed by atoms with Crippen molar-refractivity contribution in [3.8, 4) is 17.0 Å². The number of carbonyl (C=O) groups excluding carboxylic acids is 1. The summed E-state index contributed by atoms with van der Waals surface area (Å²) >= 11 is 8.34. The molecule has 13 heteroatoms. The molecule has 0 spiro atoms. The van der Waals surface area contributed by atoms with Crippen LogP contribution >= 0.6 is 27.5 Å². The summed E-state index contributed by atoms with van der Waals surface area (Å²) in [6.45, 7) is 0.918. The van der Waals surface area contributed by atoms with Gasteiger partial charge in [0.1, 0.15) is 17.1 Å². The highest BCUT2D eigenvalue weighted by Gasteiger charge is 2.41. The third kappa shape index (κ3) is 3.51. The zero-order valence-corrected chi connectivity index (χ0v) is 15.2. The summed E-state index contributed by atoms with van der Waals surface area (Å²) in [7, 11) is 0.934. The highest BCUT2D eigenvalue weighted by atomic mass is 79.9. The van der Waals surface area contributed by atoms with Crippen LogP contribution in [0.1, 0.15) is 12.6 Å². The molecule has 0 N–H and O–H groups in total. The van der Waals surface area contributed by atoms with Crippen LogP contribution < -0.4 is 4.74 Å². The second-order valence-corrected chi connectivity index (χ2v) is 6.08. The van der Waals surface area contributed by atoms with E-state index < -0.39 is 60.8 Å². The molecule has 7 nitrogen and oxygen atoms in total. The molecule has 0 saturated heterocycles. The fourth-order valence-corrected chi connectivity index (χ4v) is 3.18. The quantitative estimate of drug-likeness (QED) is 0.221. The number of nitrogens with zero attached hydrogens (tertiary/aromatic N) is 3. The van der Waals surface area contributed by atoms with Crippen LogP contribution in [0, 0.1) is 15.9 Å². The van der Waals surface area contributed by atoms with Gasteiger partial charge in [-0.2, -0.15) is 18.3 Å². The lowest BCUT2D eigenvalue weighted by Crippen LogP contribution is -2.12. The van der Waals surface area contributed by atoms with Gasteiger partial charge in [0.15, 0.2) is 5.69 Å². The summed E-state index contributed by atoms with van der Waals surface area (Å²) in [5.41, 5.74) is -4.02. The fraction of sp³-hybridized carbons (Fsp3) is 0.231. The van der Waals surface area contributed by atoms with Crippen molar-refractivity contribution in [3.63, 3.8) is 0 Å². The van der Waals surface area contributed by atoms with Gasteiger partial charge in [-0.3, -0.25) is 19.6 Å². The van der Waals surface area contributed by atoms with Crippen molar-refractivity contribution < 1.29 is 32.0 Å². The van der Waals surface area contributed by atoms with Crippen molar-refractivity contribution >= 4 is 39.2 Å². The first kappa shape index (κ1) is 20.1. The van der Waals surface area contributed by atoms with E-state index in [0.717, 1.165) is 14.0 Å². The first-order valence-corrected chi connectivity index (χ1v) is 7.68. The molecule has 2 aromatic rings. The molecule has 0 amide bonds. The van der Waals surface area contributed by atoms with Gasteiger partial charge in [-0.25, -0.2) is 4.39 Å². The largest absolute Gasteiger partial charge is 0.434 e. The van der Waals surface area contributed by atoms with Crippen LogP contribution in [0.5, 0.6) is 5.75 Å². The van der Waals surface area contributed by atoms with E-state index in [0.29, 0.717) is 10.7 Å². The van der Waals surface area contributed by atoms with E-state index in [1.807, 2.05) is 0 Å². The maximum atomic E-state index is 14.4. The Balaban J connectivity index is 2.91. The van der Waals surface area contributed by atoms with Gasteiger partial charge in [-0.05, 0) is 22.0 Å². The Morgan fingerprint density at radius 3 is 2.46 bits per heavy atom. The average Bonchev–Trinajstić information content (AvgIpc) is 2.75. The number of nitro groups is 1. The third-order valence-electron chi connectivity index (χ3n) is 3.08. The van der Waals surface area contributed by atoms with E-state index in [1.165, 1.54) is 0 Å². The van der Waals surface area contributed by atoms with Gasteiger partial charge in [-0.15, -0.1) is 0 Å². The number of halogens is 6. The summed E-state index contributed by atoms with van der Waals surface area (Å²) in [4.78, 5) is 21.4. The zero-order chi connectivity index (χ0) is 20.0. The van der Waals surface area contributed by atoms with E-state index in [4.69, 9.17) is 11.6 Å². The van der Waals surface area contributed by atoms with Gasteiger partial charge in [0.2, 0.25) is 5.75 Å². The molecule has 0 radical (unpaired) electrons. The van der Waals surface area contributed by atoms with Crippen molar-refractivity contribution in [1.82, 2.24) is 9.78 Å². The number of rotatable bonds is 3. The van der Waals surface area contributed by atoms with Gasteiger partial charge < -0.3 is 4.74 Å². The molecule has 1 aromatic heterocycles. The minimum atomic E-state index is -4.87. The van der Waals surface area contributed by atoms with Crippen LogP contribution in [0.3, 0.4) is 0 Å².